The van der Waals surface area contributed by atoms with Crippen molar-refractivity contribution >= 4 is 0 Å². The van der Waals surface area contributed by atoms with Crippen molar-refractivity contribution < 1.29 is 17.7 Å². The van der Waals surface area contributed by atoms with Gasteiger partial charge >= 0.3 is 6.18 Å². The molecule has 0 spiro atoms. The first kappa shape index (κ1) is 14.5. The zero-order valence-electron chi connectivity index (χ0n) is 11.0. The van der Waals surface area contributed by atoms with Gasteiger partial charge in [-0.15, -0.1) is 0 Å². The van der Waals surface area contributed by atoms with Gasteiger partial charge in [-0.25, -0.2) is 0 Å². The summed E-state index contributed by atoms with van der Waals surface area (Å²) in [6, 6.07) is 4.94. The summed E-state index contributed by atoms with van der Waals surface area (Å²) in [6.07, 6.45) is -4.31. The molecule has 4 nitrogen and oxygen atoms in total. The van der Waals surface area contributed by atoms with E-state index in [1.165, 1.54) is 12.1 Å². The number of hydrogen-bond acceptors (Lipinski definition) is 4. The third kappa shape index (κ3) is 3.57. The fraction of sp³-hybridized carbons (Fsp3) is 0.385. The van der Waals surface area contributed by atoms with Crippen molar-refractivity contribution in [3.05, 3.63) is 47.1 Å². The quantitative estimate of drug-likeness (QED) is 0.937. The van der Waals surface area contributed by atoms with Crippen LogP contribution >= 0.6 is 0 Å². The van der Waals surface area contributed by atoms with Gasteiger partial charge in [0.2, 0.25) is 5.89 Å². The summed E-state index contributed by atoms with van der Waals surface area (Å²) >= 11 is 0. The SMILES string of the molecule is Cc1noc(CNC(C)c2ccc(C(F)(F)F)cc2)n1. The molecule has 0 amide bonds. The highest BCUT2D eigenvalue weighted by molar-refractivity contribution is 5.26. The molecule has 0 aliphatic heterocycles. The number of nitrogens with one attached hydrogen (secondary N) is 1. The van der Waals surface area contributed by atoms with Gasteiger partial charge in [-0.3, -0.25) is 0 Å². The van der Waals surface area contributed by atoms with Gasteiger partial charge in [-0.1, -0.05) is 17.3 Å². The monoisotopic (exact) mass is 285 g/mol. The number of rotatable bonds is 4. The average Bonchev–Trinajstić information content (AvgIpc) is 2.81. The van der Waals surface area contributed by atoms with Gasteiger partial charge in [-0.05, 0) is 31.5 Å². The van der Waals surface area contributed by atoms with Crippen molar-refractivity contribution in [3.8, 4) is 0 Å². The minimum atomic E-state index is -4.31. The van der Waals surface area contributed by atoms with E-state index in [9.17, 15) is 13.2 Å². The Kier molecular flexibility index (Phi) is 4.08. The van der Waals surface area contributed by atoms with E-state index in [2.05, 4.69) is 15.5 Å². The number of nitrogens with zero attached hydrogens (tertiary/aromatic N) is 2. The summed E-state index contributed by atoms with van der Waals surface area (Å²) in [5.41, 5.74) is 0.107. The van der Waals surface area contributed by atoms with Gasteiger partial charge in [0.1, 0.15) is 0 Å². The van der Waals surface area contributed by atoms with Gasteiger partial charge in [0, 0.05) is 6.04 Å². The van der Waals surface area contributed by atoms with Crippen LogP contribution in [0.15, 0.2) is 28.8 Å². The maximum absolute atomic E-state index is 12.4. The van der Waals surface area contributed by atoms with Crippen LogP contribution in [-0.2, 0) is 12.7 Å². The first-order valence-corrected chi connectivity index (χ1v) is 6.06. The smallest absolute Gasteiger partial charge is 0.338 e. The molecule has 1 unspecified atom stereocenters. The molecule has 0 saturated heterocycles. The molecule has 0 bridgehead atoms. The number of aromatic nitrogens is 2. The second-order valence-electron chi connectivity index (χ2n) is 4.46. The van der Waals surface area contributed by atoms with Crippen LogP contribution in [0.4, 0.5) is 13.2 Å². The van der Waals surface area contributed by atoms with Gasteiger partial charge in [0.05, 0.1) is 12.1 Å². The van der Waals surface area contributed by atoms with E-state index in [1.807, 2.05) is 6.92 Å². The maximum Gasteiger partial charge on any atom is 0.416 e. The second kappa shape index (κ2) is 5.62. The van der Waals surface area contributed by atoms with E-state index in [-0.39, 0.29) is 6.04 Å². The summed E-state index contributed by atoms with van der Waals surface area (Å²) in [5, 5.41) is 6.76. The van der Waals surface area contributed by atoms with Crippen LogP contribution in [0.3, 0.4) is 0 Å². The molecule has 108 valence electrons. The van der Waals surface area contributed by atoms with Gasteiger partial charge in [-0.2, -0.15) is 18.2 Å². The van der Waals surface area contributed by atoms with Crippen LogP contribution in [0, 0.1) is 6.92 Å². The summed E-state index contributed by atoms with van der Waals surface area (Å²) in [7, 11) is 0. The Balaban J connectivity index is 1.97. The minimum Gasteiger partial charge on any atom is -0.338 e. The molecule has 2 aromatic rings. The largest absolute Gasteiger partial charge is 0.416 e. The summed E-state index contributed by atoms with van der Waals surface area (Å²) in [4.78, 5) is 4.03. The van der Waals surface area contributed by atoms with E-state index in [1.54, 1.807) is 6.92 Å². The van der Waals surface area contributed by atoms with Gasteiger partial charge in [0.25, 0.3) is 0 Å². The van der Waals surface area contributed by atoms with Crippen LogP contribution in [0.2, 0.25) is 0 Å². The van der Waals surface area contributed by atoms with E-state index < -0.39 is 11.7 Å². The van der Waals surface area contributed by atoms with Crippen molar-refractivity contribution in [2.45, 2.75) is 32.6 Å². The van der Waals surface area contributed by atoms with Crippen molar-refractivity contribution in [2.75, 3.05) is 0 Å². The molecule has 0 fully saturated rings. The summed E-state index contributed by atoms with van der Waals surface area (Å²) in [6.45, 7) is 3.93. The number of halogens is 3. The Morgan fingerprint density at radius 1 is 1.25 bits per heavy atom. The molecular formula is C13H14F3N3O. The predicted molar refractivity (Wildman–Crippen MR) is 65.7 cm³/mol. The Bertz CT molecular complexity index is 563. The lowest BCUT2D eigenvalue weighted by molar-refractivity contribution is -0.137. The maximum atomic E-state index is 12.4. The number of aryl methyl sites for hydroxylation is 1. The lowest BCUT2D eigenvalue weighted by atomic mass is 10.1. The molecule has 0 aliphatic carbocycles. The zero-order chi connectivity index (χ0) is 14.8. The third-order valence-corrected chi connectivity index (χ3v) is 2.87. The molecule has 1 atom stereocenters. The normalized spacial score (nSPS) is 13.4. The highest BCUT2D eigenvalue weighted by Gasteiger charge is 2.30. The first-order valence-electron chi connectivity index (χ1n) is 6.06. The van der Waals surface area contributed by atoms with Gasteiger partial charge < -0.3 is 9.84 Å². The van der Waals surface area contributed by atoms with Crippen LogP contribution in [0.5, 0.6) is 0 Å². The van der Waals surface area contributed by atoms with Crippen molar-refractivity contribution in [1.82, 2.24) is 15.5 Å². The highest BCUT2D eigenvalue weighted by Crippen LogP contribution is 2.29. The van der Waals surface area contributed by atoms with E-state index in [0.29, 0.717) is 18.3 Å². The van der Waals surface area contributed by atoms with E-state index >= 15 is 0 Å². The zero-order valence-corrected chi connectivity index (χ0v) is 11.0. The van der Waals surface area contributed by atoms with E-state index in [0.717, 1.165) is 17.7 Å². The third-order valence-electron chi connectivity index (χ3n) is 2.87. The molecule has 1 aromatic heterocycles. The Hall–Kier alpha value is -1.89. The number of alkyl halides is 3. The molecule has 1 heterocycles. The van der Waals surface area contributed by atoms with Crippen LogP contribution in [-0.4, -0.2) is 10.1 Å². The summed E-state index contributed by atoms with van der Waals surface area (Å²) in [5.74, 6) is 0.991. The molecule has 0 saturated carbocycles. The van der Waals surface area contributed by atoms with Crippen LogP contribution < -0.4 is 5.32 Å². The predicted octanol–water partition coefficient (Wildman–Crippen LogP) is 3.25. The van der Waals surface area contributed by atoms with Crippen LogP contribution in [0.1, 0.15) is 35.8 Å². The van der Waals surface area contributed by atoms with Gasteiger partial charge in [0.15, 0.2) is 5.82 Å². The Morgan fingerprint density at radius 2 is 1.90 bits per heavy atom. The molecule has 20 heavy (non-hydrogen) atoms. The molecule has 2 rings (SSSR count). The second-order valence-corrected chi connectivity index (χ2v) is 4.46. The first-order chi connectivity index (χ1) is 9.36. The molecule has 1 aromatic carbocycles. The Labute approximate surface area is 114 Å². The molecule has 0 radical (unpaired) electrons. The van der Waals surface area contributed by atoms with Crippen molar-refractivity contribution in [2.24, 2.45) is 0 Å². The fourth-order valence-electron chi connectivity index (χ4n) is 1.73. The highest BCUT2D eigenvalue weighted by atomic mass is 19.4. The van der Waals surface area contributed by atoms with Crippen molar-refractivity contribution in [3.63, 3.8) is 0 Å². The fourth-order valence-corrected chi connectivity index (χ4v) is 1.73. The lowest BCUT2D eigenvalue weighted by Crippen LogP contribution is -2.18. The average molecular weight is 285 g/mol. The lowest BCUT2D eigenvalue weighted by Gasteiger charge is -2.14. The molecule has 1 N–H and O–H groups in total. The summed E-state index contributed by atoms with van der Waals surface area (Å²) < 4.78 is 42.3. The van der Waals surface area contributed by atoms with Crippen LogP contribution in [0.25, 0.3) is 0 Å². The van der Waals surface area contributed by atoms with E-state index in [4.69, 9.17) is 4.52 Å². The Morgan fingerprint density at radius 3 is 2.40 bits per heavy atom. The number of benzene rings is 1. The number of hydrogen-bond donors (Lipinski definition) is 1. The standard InChI is InChI=1S/C13H14F3N3O/c1-8(17-7-12-18-9(2)19-20-12)10-3-5-11(6-4-10)13(14,15)16/h3-6,8,17H,7H2,1-2H3. The minimum absolute atomic E-state index is 0.121. The topological polar surface area (TPSA) is 51.0 Å². The van der Waals surface area contributed by atoms with Crippen molar-refractivity contribution in [1.29, 1.82) is 0 Å². The molecular weight excluding hydrogens is 271 g/mol. The molecule has 0 aliphatic rings. The molecule has 7 heteroatoms.